The number of aryl methyl sites for hydroxylation is 1. The van der Waals surface area contributed by atoms with Crippen LogP contribution in [-0.2, 0) is 24.4 Å². The molecule has 0 aliphatic heterocycles. The van der Waals surface area contributed by atoms with Crippen LogP contribution in [0.5, 0.6) is 0 Å². The Labute approximate surface area is 164 Å². The molecule has 0 spiro atoms. The molecule has 0 radical (unpaired) electrons. The first-order chi connectivity index (χ1) is 10.5. The summed E-state index contributed by atoms with van der Waals surface area (Å²) in [7, 11) is -7.08. The van der Waals surface area contributed by atoms with E-state index in [1.54, 1.807) is 18.2 Å². The number of sulfone groups is 1. The van der Waals surface area contributed by atoms with E-state index in [1.165, 1.54) is 11.9 Å². The molecule has 0 heterocycles. The molecule has 8 nitrogen and oxygen atoms in total. The molecule has 11 heteroatoms. The van der Waals surface area contributed by atoms with Crippen molar-refractivity contribution in [3.8, 4) is 0 Å². The first kappa shape index (κ1) is 23.5. The quantitative estimate of drug-likeness (QED) is 0.264. The van der Waals surface area contributed by atoms with Crippen molar-refractivity contribution in [3.63, 3.8) is 0 Å². The van der Waals surface area contributed by atoms with Crippen molar-refractivity contribution < 1.29 is 59.9 Å². The van der Waals surface area contributed by atoms with Gasteiger partial charge in [0.1, 0.15) is 0 Å². The van der Waals surface area contributed by atoms with Crippen LogP contribution in [0.3, 0.4) is 0 Å². The maximum atomic E-state index is 12.1. The first-order valence-corrected chi connectivity index (χ1v) is 9.78. The van der Waals surface area contributed by atoms with Crippen LogP contribution < -0.4 is 29.6 Å². The molecule has 0 fully saturated rings. The van der Waals surface area contributed by atoms with Crippen molar-refractivity contribution in [2.45, 2.75) is 6.92 Å². The number of carbonyl (C=O) groups excluding carboxylic acids is 1. The monoisotopic (exact) mass is 387 g/mol. The molecule has 1 rings (SSSR count). The van der Waals surface area contributed by atoms with Gasteiger partial charge in [-0.1, -0.05) is 17.7 Å². The van der Waals surface area contributed by atoms with E-state index in [0.29, 0.717) is 5.56 Å². The largest absolute Gasteiger partial charge is 1.00 e. The second kappa shape index (κ2) is 9.85. The summed E-state index contributed by atoms with van der Waals surface area (Å²) in [6.45, 7) is 1.05. The minimum Gasteiger partial charge on any atom is -0.726 e. The van der Waals surface area contributed by atoms with Crippen molar-refractivity contribution in [1.82, 2.24) is 4.90 Å². The van der Waals surface area contributed by atoms with E-state index >= 15 is 0 Å². The molecule has 0 aliphatic carbocycles. The number of carbonyl (C=O) groups is 1. The zero-order valence-electron chi connectivity index (χ0n) is 13.8. The fraction of sp³-hybridized carbons (Fsp3) is 0.462. The second-order valence-electron chi connectivity index (χ2n) is 4.98. The van der Waals surface area contributed by atoms with Gasteiger partial charge in [0.25, 0.3) is 5.91 Å². The summed E-state index contributed by atoms with van der Waals surface area (Å²) in [6, 6.07) is 6.90. The number of amides is 1. The summed E-state index contributed by atoms with van der Waals surface area (Å²) in [6.07, 6.45) is 0. The Morgan fingerprint density at radius 2 is 1.83 bits per heavy atom. The van der Waals surface area contributed by atoms with Crippen LogP contribution in [0.15, 0.2) is 24.3 Å². The van der Waals surface area contributed by atoms with Gasteiger partial charge in [0.2, 0.25) is 10.4 Å². The SMILES string of the molecule is Cc1cccc(C(=O)N(C)CCS(=O)(=O)CCOS(=O)(=O)[O-])c1.[Na+]. The Morgan fingerprint density at radius 3 is 2.38 bits per heavy atom. The zero-order chi connectivity index (χ0) is 17.7. The topological polar surface area (TPSA) is 121 Å². The molecule has 0 saturated carbocycles. The maximum absolute atomic E-state index is 12.1. The van der Waals surface area contributed by atoms with Gasteiger partial charge >= 0.3 is 29.6 Å². The summed E-state index contributed by atoms with van der Waals surface area (Å²) in [5.74, 6) is -1.29. The molecule has 0 bridgehead atoms. The molecule has 0 unspecified atom stereocenters. The number of rotatable bonds is 8. The van der Waals surface area contributed by atoms with Crippen LogP contribution in [0.4, 0.5) is 0 Å². The molecule has 0 saturated heterocycles. The van der Waals surface area contributed by atoms with Crippen molar-refractivity contribution in [2.24, 2.45) is 0 Å². The number of benzene rings is 1. The maximum Gasteiger partial charge on any atom is 1.00 e. The summed E-state index contributed by atoms with van der Waals surface area (Å²) in [4.78, 5) is 13.4. The van der Waals surface area contributed by atoms with E-state index in [-0.39, 0.29) is 47.8 Å². The van der Waals surface area contributed by atoms with Crippen molar-refractivity contribution in [2.75, 3.05) is 31.7 Å². The predicted octanol–water partition coefficient (Wildman–Crippen LogP) is -3.04. The van der Waals surface area contributed by atoms with Crippen molar-refractivity contribution >= 4 is 26.1 Å². The summed E-state index contributed by atoms with van der Waals surface area (Å²) in [5.41, 5.74) is 1.36. The third-order valence-electron chi connectivity index (χ3n) is 2.97. The van der Waals surface area contributed by atoms with Gasteiger partial charge in [-0.15, -0.1) is 0 Å². The normalized spacial score (nSPS) is 11.6. The molecule has 0 N–H and O–H groups in total. The minimum atomic E-state index is -4.91. The first-order valence-electron chi connectivity index (χ1n) is 6.63. The predicted molar refractivity (Wildman–Crippen MR) is 82.4 cm³/mol. The van der Waals surface area contributed by atoms with Gasteiger partial charge in [0, 0.05) is 19.2 Å². The van der Waals surface area contributed by atoms with Crippen molar-refractivity contribution in [1.29, 1.82) is 0 Å². The third-order valence-corrected chi connectivity index (χ3v) is 5.02. The van der Waals surface area contributed by atoms with E-state index in [2.05, 4.69) is 4.18 Å². The Bertz CT molecular complexity index is 762. The number of hydrogen-bond donors (Lipinski definition) is 0. The Morgan fingerprint density at radius 1 is 1.21 bits per heavy atom. The molecule has 0 aromatic heterocycles. The van der Waals surface area contributed by atoms with Gasteiger partial charge in [-0.3, -0.25) is 8.98 Å². The van der Waals surface area contributed by atoms with Crippen LogP contribution >= 0.6 is 0 Å². The van der Waals surface area contributed by atoms with Gasteiger partial charge in [0.05, 0.1) is 18.1 Å². The molecule has 0 atom stereocenters. The third kappa shape index (κ3) is 9.11. The fourth-order valence-electron chi connectivity index (χ4n) is 1.74. The van der Waals surface area contributed by atoms with E-state index < -0.39 is 32.6 Å². The van der Waals surface area contributed by atoms with Crippen LogP contribution in [0.1, 0.15) is 15.9 Å². The molecule has 0 aliphatic rings. The van der Waals surface area contributed by atoms with E-state index in [0.717, 1.165) is 5.56 Å². The summed E-state index contributed by atoms with van der Waals surface area (Å²) >= 11 is 0. The summed E-state index contributed by atoms with van der Waals surface area (Å²) < 4.78 is 58.0. The van der Waals surface area contributed by atoms with Gasteiger partial charge in [0.15, 0.2) is 9.84 Å². The molecular weight excluding hydrogens is 369 g/mol. The van der Waals surface area contributed by atoms with E-state index in [9.17, 15) is 26.2 Å². The Kier molecular flexibility index (Phi) is 9.65. The minimum absolute atomic E-state index is 0. The van der Waals surface area contributed by atoms with Gasteiger partial charge in [-0.2, -0.15) is 0 Å². The number of hydrogen-bond acceptors (Lipinski definition) is 7. The van der Waals surface area contributed by atoms with E-state index in [4.69, 9.17) is 0 Å². The standard InChI is InChI=1S/C13H19NO7S2.Na/c1-11-4-3-5-12(10-11)13(15)14(2)6-8-22(16,17)9-7-21-23(18,19)20;/h3-5,10H,6-9H2,1-2H3,(H,18,19,20);/q;+1/p-1. The summed E-state index contributed by atoms with van der Waals surface area (Å²) in [5, 5.41) is 0. The molecule has 1 aromatic carbocycles. The van der Waals surface area contributed by atoms with Crippen LogP contribution in [-0.4, -0.2) is 63.9 Å². The van der Waals surface area contributed by atoms with Crippen LogP contribution in [0.25, 0.3) is 0 Å². The van der Waals surface area contributed by atoms with Crippen LogP contribution in [0, 0.1) is 6.92 Å². The Hall–Kier alpha value is -0.490. The smallest absolute Gasteiger partial charge is 0.726 e. The average Bonchev–Trinajstić information content (AvgIpc) is 2.42. The molecule has 1 aromatic rings. The van der Waals surface area contributed by atoms with Gasteiger partial charge in [-0.05, 0) is 19.1 Å². The zero-order valence-corrected chi connectivity index (χ0v) is 17.4. The molecule has 130 valence electrons. The average molecular weight is 387 g/mol. The van der Waals surface area contributed by atoms with Gasteiger partial charge in [-0.25, -0.2) is 16.8 Å². The molecular formula is C13H18NNaO7S2. The van der Waals surface area contributed by atoms with E-state index in [1.807, 2.05) is 13.0 Å². The fourth-order valence-corrected chi connectivity index (χ4v) is 3.23. The molecule has 24 heavy (non-hydrogen) atoms. The van der Waals surface area contributed by atoms with Crippen LogP contribution in [0.2, 0.25) is 0 Å². The van der Waals surface area contributed by atoms with Crippen molar-refractivity contribution in [3.05, 3.63) is 35.4 Å². The Balaban J connectivity index is 0.00000529. The second-order valence-corrected chi connectivity index (χ2v) is 8.33. The van der Waals surface area contributed by atoms with Gasteiger partial charge < -0.3 is 9.45 Å². The molecule has 1 amide bonds. The number of nitrogens with zero attached hydrogens (tertiary/aromatic N) is 1.